The molecular formula is C11H17BrN2O. The quantitative estimate of drug-likeness (QED) is 0.609. The van der Waals surface area contributed by atoms with E-state index in [0.717, 1.165) is 29.4 Å². The molecule has 1 heterocycles. The van der Waals surface area contributed by atoms with Gasteiger partial charge in [0.05, 0.1) is 6.61 Å². The summed E-state index contributed by atoms with van der Waals surface area (Å²) >= 11 is 3.31. The molecule has 0 saturated carbocycles. The highest BCUT2D eigenvalue weighted by Gasteiger charge is 2.01. The minimum atomic E-state index is 0.651. The monoisotopic (exact) mass is 272 g/mol. The van der Waals surface area contributed by atoms with Gasteiger partial charge in [0.15, 0.2) is 0 Å². The van der Waals surface area contributed by atoms with Gasteiger partial charge in [0.1, 0.15) is 10.4 Å². The van der Waals surface area contributed by atoms with Crippen molar-refractivity contribution in [2.24, 2.45) is 5.92 Å². The SMILES string of the molecule is Cc1nc(Br)cc(OCCCC(C)C)n1. The second-order valence-electron chi connectivity index (χ2n) is 3.96. The molecule has 0 atom stereocenters. The third-order valence-electron chi connectivity index (χ3n) is 1.96. The fourth-order valence-corrected chi connectivity index (χ4v) is 1.70. The first-order chi connectivity index (χ1) is 7.08. The molecule has 3 nitrogen and oxygen atoms in total. The van der Waals surface area contributed by atoms with Crippen molar-refractivity contribution in [1.82, 2.24) is 9.97 Å². The first kappa shape index (κ1) is 12.4. The minimum Gasteiger partial charge on any atom is -0.478 e. The van der Waals surface area contributed by atoms with Crippen molar-refractivity contribution in [2.75, 3.05) is 6.61 Å². The highest BCUT2D eigenvalue weighted by Crippen LogP contribution is 2.14. The number of hydrogen-bond donors (Lipinski definition) is 0. The first-order valence-electron chi connectivity index (χ1n) is 5.22. The Bertz CT molecular complexity index is 295. The summed E-state index contributed by atoms with van der Waals surface area (Å²) in [6, 6.07) is 1.79. The number of halogens is 1. The third-order valence-corrected chi connectivity index (χ3v) is 2.37. The van der Waals surface area contributed by atoms with E-state index in [1.165, 1.54) is 6.42 Å². The van der Waals surface area contributed by atoms with Gasteiger partial charge in [0, 0.05) is 6.07 Å². The maximum absolute atomic E-state index is 5.54. The molecule has 0 aromatic carbocycles. The summed E-state index contributed by atoms with van der Waals surface area (Å²) in [6.07, 6.45) is 2.25. The van der Waals surface area contributed by atoms with E-state index in [1.807, 2.05) is 6.92 Å². The molecule has 0 unspecified atom stereocenters. The molecular weight excluding hydrogens is 256 g/mol. The second kappa shape index (κ2) is 6.05. The van der Waals surface area contributed by atoms with E-state index < -0.39 is 0 Å². The Hall–Kier alpha value is -0.640. The van der Waals surface area contributed by atoms with Gasteiger partial charge in [0.25, 0.3) is 0 Å². The number of rotatable bonds is 5. The van der Waals surface area contributed by atoms with Crippen molar-refractivity contribution < 1.29 is 4.74 Å². The van der Waals surface area contributed by atoms with Crippen molar-refractivity contribution >= 4 is 15.9 Å². The van der Waals surface area contributed by atoms with Crippen LogP contribution in [0.15, 0.2) is 10.7 Å². The molecule has 0 bridgehead atoms. The van der Waals surface area contributed by atoms with Crippen LogP contribution < -0.4 is 4.74 Å². The topological polar surface area (TPSA) is 35.0 Å². The summed E-state index contributed by atoms with van der Waals surface area (Å²) in [7, 11) is 0. The van der Waals surface area contributed by atoms with Crippen molar-refractivity contribution in [1.29, 1.82) is 0 Å². The normalized spacial score (nSPS) is 10.7. The van der Waals surface area contributed by atoms with E-state index in [2.05, 4.69) is 39.7 Å². The zero-order chi connectivity index (χ0) is 11.3. The first-order valence-corrected chi connectivity index (χ1v) is 6.01. The second-order valence-corrected chi connectivity index (χ2v) is 4.77. The molecule has 0 N–H and O–H groups in total. The van der Waals surface area contributed by atoms with Crippen LogP contribution in [0, 0.1) is 12.8 Å². The van der Waals surface area contributed by atoms with Crippen LogP contribution in [0.3, 0.4) is 0 Å². The molecule has 1 aromatic heterocycles. The van der Waals surface area contributed by atoms with Crippen molar-refractivity contribution in [3.63, 3.8) is 0 Å². The Morgan fingerprint density at radius 1 is 1.40 bits per heavy atom. The van der Waals surface area contributed by atoms with Gasteiger partial charge in [-0.2, -0.15) is 4.98 Å². The average Bonchev–Trinajstić information content (AvgIpc) is 2.10. The van der Waals surface area contributed by atoms with E-state index in [1.54, 1.807) is 6.07 Å². The Kier molecular flexibility index (Phi) is 5.02. The van der Waals surface area contributed by atoms with Gasteiger partial charge in [0.2, 0.25) is 5.88 Å². The summed E-state index contributed by atoms with van der Waals surface area (Å²) in [5.74, 6) is 2.11. The lowest BCUT2D eigenvalue weighted by atomic mass is 10.1. The maximum atomic E-state index is 5.54. The average molecular weight is 273 g/mol. The van der Waals surface area contributed by atoms with E-state index in [0.29, 0.717) is 5.88 Å². The number of hydrogen-bond acceptors (Lipinski definition) is 3. The van der Waals surface area contributed by atoms with Gasteiger partial charge in [-0.05, 0) is 41.6 Å². The number of ether oxygens (including phenoxy) is 1. The highest BCUT2D eigenvalue weighted by molar-refractivity contribution is 9.10. The van der Waals surface area contributed by atoms with Gasteiger partial charge in [-0.1, -0.05) is 13.8 Å². The molecule has 15 heavy (non-hydrogen) atoms. The lowest BCUT2D eigenvalue weighted by molar-refractivity contribution is 0.286. The van der Waals surface area contributed by atoms with Crippen molar-refractivity contribution in [2.45, 2.75) is 33.6 Å². The molecule has 0 spiro atoms. The third kappa shape index (κ3) is 5.11. The molecule has 0 saturated heterocycles. The zero-order valence-electron chi connectivity index (χ0n) is 9.46. The Morgan fingerprint density at radius 2 is 2.13 bits per heavy atom. The van der Waals surface area contributed by atoms with E-state index in [4.69, 9.17) is 4.74 Å². The fraction of sp³-hybridized carbons (Fsp3) is 0.636. The molecule has 0 aliphatic carbocycles. The van der Waals surface area contributed by atoms with Crippen LogP contribution in [0.25, 0.3) is 0 Å². The van der Waals surface area contributed by atoms with Gasteiger partial charge in [-0.25, -0.2) is 4.98 Å². The van der Waals surface area contributed by atoms with Crippen LogP contribution in [-0.2, 0) is 0 Å². The summed E-state index contributed by atoms with van der Waals surface area (Å²) in [4.78, 5) is 8.30. The molecule has 0 fully saturated rings. The van der Waals surface area contributed by atoms with Crippen LogP contribution in [0.2, 0.25) is 0 Å². The summed E-state index contributed by atoms with van der Waals surface area (Å²) < 4.78 is 6.31. The van der Waals surface area contributed by atoms with Gasteiger partial charge in [-0.3, -0.25) is 0 Å². The standard InChI is InChI=1S/C11H17BrN2O/c1-8(2)5-4-6-15-11-7-10(12)13-9(3)14-11/h7-8H,4-6H2,1-3H3. The minimum absolute atomic E-state index is 0.651. The Morgan fingerprint density at radius 3 is 2.73 bits per heavy atom. The number of aryl methyl sites for hydroxylation is 1. The lowest BCUT2D eigenvalue weighted by Gasteiger charge is -2.07. The Balaban J connectivity index is 2.37. The van der Waals surface area contributed by atoms with Crippen LogP contribution in [0.4, 0.5) is 0 Å². The smallest absolute Gasteiger partial charge is 0.217 e. The number of aromatic nitrogens is 2. The van der Waals surface area contributed by atoms with E-state index in [-0.39, 0.29) is 0 Å². The molecule has 0 amide bonds. The van der Waals surface area contributed by atoms with Crippen LogP contribution >= 0.6 is 15.9 Å². The predicted molar refractivity (Wildman–Crippen MR) is 64.0 cm³/mol. The van der Waals surface area contributed by atoms with E-state index >= 15 is 0 Å². The summed E-state index contributed by atoms with van der Waals surface area (Å²) in [5, 5.41) is 0. The van der Waals surface area contributed by atoms with Gasteiger partial charge >= 0.3 is 0 Å². The fourth-order valence-electron chi connectivity index (χ4n) is 1.25. The van der Waals surface area contributed by atoms with Gasteiger partial charge < -0.3 is 4.74 Å². The molecule has 0 aliphatic heterocycles. The van der Waals surface area contributed by atoms with Crippen LogP contribution in [0.5, 0.6) is 5.88 Å². The molecule has 4 heteroatoms. The molecule has 84 valence electrons. The van der Waals surface area contributed by atoms with Crippen molar-refractivity contribution in [3.05, 3.63) is 16.5 Å². The largest absolute Gasteiger partial charge is 0.478 e. The molecule has 1 rings (SSSR count). The molecule has 0 aliphatic rings. The maximum Gasteiger partial charge on any atom is 0.217 e. The van der Waals surface area contributed by atoms with E-state index in [9.17, 15) is 0 Å². The number of nitrogens with zero attached hydrogens (tertiary/aromatic N) is 2. The summed E-state index contributed by atoms with van der Waals surface area (Å²) in [6.45, 7) is 7.00. The lowest BCUT2D eigenvalue weighted by Crippen LogP contribution is -2.02. The Labute approximate surface area is 99.4 Å². The predicted octanol–water partition coefficient (Wildman–Crippen LogP) is 3.36. The van der Waals surface area contributed by atoms with Crippen molar-refractivity contribution in [3.8, 4) is 5.88 Å². The highest BCUT2D eigenvalue weighted by atomic mass is 79.9. The van der Waals surface area contributed by atoms with Crippen LogP contribution in [-0.4, -0.2) is 16.6 Å². The van der Waals surface area contributed by atoms with Crippen LogP contribution in [0.1, 0.15) is 32.5 Å². The van der Waals surface area contributed by atoms with Gasteiger partial charge in [-0.15, -0.1) is 0 Å². The molecule has 1 aromatic rings. The summed E-state index contributed by atoms with van der Waals surface area (Å²) in [5.41, 5.74) is 0. The zero-order valence-corrected chi connectivity index (χ0v) is 11.0. The molecule has 0 radical (unpaired) electrons.